The Labute approximate surface area is 146 Å². The molecule has 5 nitrogen and oxygen atoms in total. The standard InChI is InChI=1S/C20H21N3O2/c1-15-18(12-21-23(15)13-16-8-4-2-5-9-16)20(25)22-19(14-24)17-10-6-3-7-11-17/h2-12,19,24H,13-14H2,1H3,(H,22,25). The van der Waals surface area contributed by atoms with E-state index >= 15 is 0 Å². The Hall–Kier alpha value is -2.92. The molecule has 0 aliphatic rings. The molecule has 0 bridgehead atoms. The molecule has 3 aromatic rings. The second-order valence-electron chi connectivity index (χ2n) is 5.91. The van der Waals surface area contributed by atoms with Gasteiger partial charge in [0.1, 0.15) is 0 Å². The fourth-order valence-electron chi connectivity index (χ4n) is 2.74. The van der Waals surface area contributed by atoms with Crippen molar-refractivity contribution in [1.29, 1.82) is 0 Å². The number of nitrogens with zero attached hydrogens (tertiary/aromatic N) is 2. The van der Waals surface area contributed by atoms with Gasteiger partial charge in [-0.25, -0.2) is 0 Å². The number of aliphatic hydroxyl groups is 1. The minimum absolute atomic E-state index is 0.160. The van der Waals surface area contributed by atoms with Crippen LogP contribution in [-0.2, 0) is 6.54 Å². The summed E-state index contributed by atoms with van der Waals surface area (Å²) in [5.74, 6) is -0.236. The van der Waals surface area contributed by atoms with Gasteiger partial charge in [-0.3, -0.25) is 9.48 Å². The largest absolute Gasteiger partial charge is 0.394 e. The number of rotatable bonds is 6. The highest BCUT2D eigenvalue weighted by Gasteiger charge is 2.19. The van der Waals surface area contributed by atoms with Gasteiger partial charge < -0.3 is 10.4 Å². The first kappa shape index (κ1) is 16.9. The minimum atomic E-state index is -0.439. The van der Waals surface area contributed by atoms with Crippen molar-refractivity contribution in [1.82, 2.24) is 15.1 Å². The van der Waals surface area contributed by atoms with Crippen LogP contribution in [0.4, 0.5) is 0 Å². The third-order valence-electron chi connectivity index (χ3n) is 4.21. The van der Waals surface area contributed by atoms with Crippen molar-refractivity contribution in [2.75, 3.05) is 6.61 Å². The zero-order chi connectivity index (χ0) is 17.6. The number of hydrogen-bond donors (Lipinski definition) is 2. The highest BCUT2D eigenvalue weighted by atomic mass is 16.3. The number of amides is 1. The van der Waals surface area contributed by atoms with Gasteiger partial charge in [0.25, 0.3) is 5.91 Å². The molecule has 25 heavy (non-hydrogen) atoms. The van der Waals surface area contributed by atoms with Gasteiger partial charge in [-0.05, 0) is 18.1 Å². The number of aromatic nitrogens is 2. The van der Waals surface area contributed by atoms with Crippen molar-refractivity contribution in [3.63, 3.8) is 0 Å². The van der Waals surface area contributed by atoms with E-state index in [1.165, 1.54) is 0 Å². The fourth-order valence-corrected chi connectivity index (χ4v) is 2.74. The molecule has 2 aromatic carbocycles. The molecule has 0 aliphatic carbocycles. The lowest BCUT2D eigenvalue weighted by Gasteiger charge is -2.16. The average Bonchev–Trinajstić information content (AvgIpc) is 3.02. The molecule has 5 heteroatoms. The number of carbonyl (C=O) groups is 1. The van der Waals surface area contributed by atoms with Crippen molar-refractivity contribution in [3.05, 3.63) is 89.2 Å². The first-order valence-corrected chi connectivity index (χ1v) is 8.22. The van der Waals surface area contributed by atoms with Gasteiger partial charge in [-0.15, -0.1) is 0 Å². The van der Waals surface area contributed by atoms with Gasteiger partial charge in [-0.2, -0.15) is 5.10 Å². The first-order chi connectivity index (χ1) is 12.2. The number of carbonyl (C=O) groups excluding carboxylic acids is 1. The van der Waals surface area contributed by atoms with E-state index in [1.54, 1.807) is 10.9 Å². The molecule has 0 radical (unpaired) electrons. The SMILES string of the molecule is Cc1c(C(=O)NC(CO)c2ccccc2)cnn1Cc1ccccc1. The van der Waals surface area contributed by atoms with Gasteiger partial charge in [0, 0.05) is 5.69 Å². The summed E-state index contributed by atoms with van der Waals surface area (Å²) in [5.41, 5.74) is 3.31. The van der Waals surface area contributed by atoms with E-state index in [0.29, 0.717) is 12.1 Å². The van der Waals surface area contributed by atoms with E-state index < -0.39 is 6.04 Å². The predicted octanol–water partition coefficient (Wildman–Crippen LogP) is 2.70. The summed E-state index contributed by atoms with van der Waals surface area (Å²) in [5, 5.41) is 16.8. The Kier molecular flexibility index (Phi) is 5.26. The Bertz CT molecular complexity index is 829. The maximum absolute atomic E-state index is 12.6. The monoisotopic (exact) mass is 335 g/mol. The van der Waals surface area contributed by atoms with Gasteiger partial charge >= 0.3 is 0 Å². The molecule has 0 saturated heterocycles. The van der Waals surface area contributed by atoms with E-state index in [2.05, 4.69) is 10.4 Å². The summed E-state index contributed by atoms with van der Waals surface area (Å²) in [4.78, 5) is 12.6. The minimum Gasteiger partial charge on any atom is -0.394 e. The van der Waals surface area contributed by atoms with Gasteiger partial charge in [0.05, 0.1) is 31.0 Å². The molecule has 0 aliphatic heterocycles. The molecule has 1 atom stereocenters. The molecule has 1 aromatic heterocycles. The zero-order valence-electron chi connectivity index (χ0n) is 14.1. The molecule has 128 valence electrons. The lowest BCUT2D eigenvalue weighted by Crippen LogP contribution is -2.31. The highest BCUT2D eigenvalue weighted by Crippen LogP contribution is 2.15. The lowest BCUT2D eigenvalue weighted by atomic mass is 10.1. The van der Waals surface area contributed by atoms with Crippen molar-refractivity contribution in [3.8, 4) is 0 Å². The lowest BCUT2D eigenvalue weighted by molar-refractivity contribution is 0.0915. The maximum atomic E-state index is 12.6. The average molecular weight is 335 g/mol. The van der Waals surface area contributed by atoms with Crippen molar-refractivity contribution < 1.29 is 9.90 Å². The third-order valence-corrected chi connectivity index (χ3v) is 4.21. The number of nitrogens with one attached hydrogen (secondary N) is 1. The molecule has 2 N–H and O–H groups in total. The topological polar surface area (TPSA) is 67.2 Å². The second kappa shape index (κ2) is 7.77. The molecule has 1 heterocycles. The smallest absolute Gasteiger partial charge is 0.255 e. The van der Waals surface area contributed by atoms with Crippen LogP contribution in [0.5, 0.6) is 0 Å². The summed E-state index contributed by atoms with van der Waals surface area (Å²) in [6, 6.07) is 19.0. The molecule has 0 fully saturated rings. The maximum Gasteiger partial charge on any atom is 0.255 e. The van der Waals surface area contributed by atoms with Crippen LogP contribution in [0.1, 0.15) is 33.2 Å². The summed E-state index contributed by atoms with van der Waals surface area (Å²) in [6.45, 7) is 2.33. The number of hydrogen-bond acceptors (Lipinski definition) is 3. The zero-order valence-corrected chi connectivity index (χ0v) is 14.1. The summed E-state index contributed by atoms with van der Waals surface area (Å²) >= 11 is 0. The van der Waals surface area contributed by atoms with Crippen molar-refractivity contribution in [2.24, 2.45) is 0 Å². The molecule has 1 unspecified atom stereocenters. The Balaban J connectivity index is 1.74. The molecule has 0 saturated carbocycles. The van der Waals surface area contributed by atoms with Crippen LogP contribution < -0.4 is 5.32 Å². The molecule has 1 amide bonds. The molecular formula is C20H21N3O2. The Morgan fingerprint density at radius 2 is 1.76 bits per heavy atom. The van der Waals surface area contributed by atoms with Crippen LogP contribution in [0.25, 0.3) is 0 Å². The predicted molar refractivity (Wildman–Crippen MR) is 96.2 cm³/mol. The van der Waals surface area contributed by atoms with Crippen LogP contribution in [0.15, 0.2) is 66.9 Å². The fraction of sp³-hybridized carbons (Fsp3) is 0.200. The van der Waals surface area contributed by atoms with E-state index in [-0.39, 0.29) is 12.5 Å². The summed E-state index contributed by atoms with van der Waals surface area (Å²) in [6.07, 6.45) is 1.58. The van der Waals surface area contributed by atoms with Crippen LogP contribution in [-0.4, -0.2) is 27.4 Å². The Morgan fingerprint density at radius 3 is 2.40 bits per heavy atom. The molecule has 0 spiro atoms. The first-order valence-electron chi connectivity index (χ1n) is 8.22. The summed E-state index contributed by atoms with van der Waals surface area (Å²) in [7, 11) is 0. The number of benzene rings is 2. The van der Waals surface area contributed by atoms with Crippen LogP contribution >= 0.6 is 0 Å². The van der Waals surface area contributed by atoms with Gasteiger partial charge in [-0.1, -0.05) is 60.7 Å². The molecular weight excluding hydrogens is 314 g/mol. The summed E-state index contributed by atoms with van der Waals surface area (Å²) < 4.78 is 1.81. The molecule has 3 rings (SSSR count). The third kappa shape index (κ3) is 3.95. The van der Waals surface area contributed by atoms with E-state index in [9.17, 15) is 9.90 Å². The van der Waals surface area contributed by atoms with Crippen LogP contribution in [0.2, 0.25) is 0 Å². The normalized spacial score (nSPS) is 11.9. The van der Waals surface area contributed by atoms with E-state index in [1.807, 2.05) is 67.6 Å². The highest BCUT2D eigenvalue weighted by molar-refractivity contribution is 5.95. The quantitative estimate of drug-likeness (QED) is 0.728. The van der Waals surface area contributed by atoms with Crippen LogP contribution in [0.3, 0.4) is 0 Å². The van der Waals surface area contributed by atoms with E-state index in [4.69, 9.17) is 0 Å². The van der Waals surface area contributed by atoms with Gasteiger partial charge in [0.15, 0.2) is 0 Å². The van der Waals surface area contributed by atoms with Crippen molar-refractivity contribution >= 4 is 5.91 Å². The van der Waals surface area contributed by atoms with Crippen molar-refractivity contribution in [2.45, 2.75) is 19.5 Å². The van der Waals surface area contributed by atoms with Gasteiger partial charge in [0.2, 0.25) is 0 Å². The second-order valence-corrected chi connectivity index (χ2v) is 5.91. The Morgan fingerprint density at radius 1 is 1.12 bits per heavy atom. The van der Waals surface area contributed by atoms with Crippen LogP contribution in [0, 0.1) is 6.92 Å². The number of aliphatic hydroxyl groups excluding tert-OH is 1. The van der Waals surface area contributed by atoms with E-state index in [0.717, 1.165) is 16.8 Å².